The zero-order valence-electron chi connectivity index (χ0n) is 15.5. The Hall–Kier alpha value is -0.980. The quantitative estimate of drug-likeness (QED) is 0.310. The third-order valence-electron chi connectivity index (χ3n) is 3.92. The Bertz CT molecular complexity index is 697. The van der Waals surface area contributed by atoms with Crippen LogP contribution in [-0.4, -0.2) is 70.4 Å². The van der Waals surface area contributed by atoms with Crippen LogP contribution in [0.4, 0.5) is 4.39 Å². The van der Waals surface area contributed by atoms with Gasteiger partial charge < -0.3 is 15.4 Å². The molecule has 1 saturated heterocycles. The maximum Gasteiger partial charge on any atom is 0.216 e. The fourth-order valence-corrected chi connectivity index (χ4v) is 3.87. The van der Waals surface area contributed by atoms with E-state index in [2.05, 4.69) is 15.6 Å². The summed E-state index contributed by atoms with van der Waals surface area (Å²) < 4.78 is 44.4. The standard InChI is InChI=1S/C17H27FN4O3S.HI/c1-2-19-17(20-7-6-15-4-3-5-16(18)14-15)21-8-13-26(23,24)22-9-11-25-12-10-22;/h3-5,14H,2,6-13H2,1H3,(H2,19,20,21);1H. The number of hydrogen-bond donors (Lipinski definition) is 2. The molecule has 154 valence electrons. The smallest absolute Gasteiger partial charge is 0.216 e. The third kappa shape index (κ3) is 8.71. The number of guanidine groups is 1. The fourth-order valence-electron chi connectivity index (χ4n) is 2.59. The van der Waals surface area contributed by atoms with Crippen molar-refractivity contribution >= 4 is 40.0 Å². The molecular weight excluding hydrogens is 486 g/mol. The van der Waals surface area contributed by atoms with Crippen LogP contribution in [0.15, 0.2) is 29.3 Å². The van der Waals surface area contributed by atoms with Gasteiger partial charge in [0.15, 0.2) is 5.96 Å². The van der Waals surface area contributed by atoms with Crippen LogP contribution >= 0.6 is 24.0 Å². The summed E-state index contributed by atoms with van der Waals surface area (Å²) in [4.78, 5) is 4.33. The Morgan fingerprint density at radius 2 is 2.04 bits per heavy atom. The van der Waals surface area contributed by atoms with Crippen molar-refractivity contribution in [3.8, 4) is 0 Å². The lowest BCUT2D eigenvalue weighted by Crippen LogP contribution is -2.42. The van der Waals surface area contributed by atoms with Crippen molar-refractivity contribution in [2.45, 2.75) is 13.3 Å². The zero-order valence-corrected chi connectivity index (χ0v) is 18.6. The molecule has 0 aromatic heterocycles. The summed E-state index contributed by atoms with van der Waals surface area (Å²) in [7, 11) is -3.31. The fraction of sp³-hybridized carbons (Fsp3) is 0.588. The Morgan fingerprint density at radius 3 is 2.70 bits per heavy atom. The van der Waals surface area contributed by atoms with Gasteiger partial charge in [-0.1, -0.05) is 12.1 Å². The van der Waals surface area contributed by atoms with Gasteiger partial charge in [0.2, 0.25) is 10.0 Å². The molecule has 0 radical (unpaired) electrons. The second-order valence-electron chi connectivity index (χ2n) is 5.89. The van der Waals surface area contributed by atoms with Gasteiger partial charge in [0.1, 0.15) is 5.82 Å². The molecule has 0 bridgehead atoms. The monoisotopic (exact) mass is 514 g/mol. The first-order valence-electron chi connectivity index (χ1n) is 8.83. The van der Waals surface area contributed by atoms with Crippen LogP contribution < -0.4 is 10.6 Å². The molecule has 2 rings (SSSR count). The lowest BCUT2D eigenvalue weighted by molar-refractivity contribution is 0.0731. The molecular formula is C17H28FIN4O3S. The van der Waals surface area contributed by atoms with Gasteiger partial charge in [-0.15, -0.1) is 24.0 Å². The molecule has 1 aromatic rings. The number of nitrogens with zero attached hydrogens (tertiary/aromatic N) is 2. The summed E-state index contributed by atoms with van der Waals surface area (Å²) in [5.41, 5.74) is 0.892. The van der Waals surface area contributed by atoms with Gasteiger partial charge in [-0.05, 0) is 31.0 Å². The number of ether oxygens (including phenoxy) is 1. The third-order valence-corrected chi connectivity index (χ3v) is 5.77. The van der Waals surface area contributed by atoms with Crippen molar-refractivity contribution in [2.75, 3.05) is 51.7 Å². The molecule has 0 spiro atoms. The number of halogens is 2. The predicted octanol–water partition coefficient (Wildman–Crippen LogP) is 1.20. The number of benzene rings is 1. The summed E-state index contributed by atoms with van der Waals surface area (Å²) in [5, 5.41) is 6.22. The van der Waals surface area contributed by atoms with E-state index in [0.717, 1.165) is 5.56 Å². The van der Waals surface area contributed by atoms with E-state index < -0.39 is 10.0 Å². The first kappa shape index (κ1) is 24.1. The van der Waals surface area contributed by atoms with E-state index in [4.69, 9.17) is 4.74 Å². The van der Waals surface area contributed by atoms with Crippen LogP contribution in [0.3, 0.4) is 0 Å². The first-order chi connectivity index (χ1) is 12.5. The minimum absolute atomic E-state index is 0. The van der Waals surface area contributed by atoms with E-state index in [9.17, 15) is 12.8 Å². The van der Waals surface area contributed by atoms with Crippen molar-refractivity contribution in [3.05, 3.63) is 35.6 Å². The number of morpholine rings is 1. The molecule has 27 heavy (non-hydrogen) atoms. The predicted molar refractivity (Wildman–Crippen MR) is 116 cm³/mol. The second kappa shape index (κ2) is 12.5. The van der Waals surface area contributed by atoms with Crippen molar-refractivity contribution in [1.29, 1.82) is 0 Å². The van der Waals surface area contributed by atoms with Gasteiger partial charge >= 0.3 is 0 Å². The summed E-state index contributed by atoms with van der Waals surface area (Å²) in [6.45, 7) is 5.03. The summed E-state index contributed by atoms with van der Waals surface area (Å²) in [6.07, 6.45) is 0.647. The Balaban J connectivity index is 0.00000364. The van der Waals surface area contributed by atoms with Gasteiger partial charge in [-0.2, -0.15) is 4.31 Å². The van der Waals surface area contributed by atoms with Gasteiger partial charge in [0.05, 0.1) is 25.5 Å². The number of rotatable bonds is 8. The summed E-state index contributed by atoms with van der Waals surface area (Å²) >= 11 is 0. The lowest BCUT2D eigenvalue weighted by Gasteiger charge is -2.25. The van der Waals surface area contributed by atoms with Gasteiger partial charge in [-0.25, -0.2) is 12.8 Å². The molecule has 2 N–H and O–H groups in total. The Labute approximate surface area is 177 Å². The van der Waals surface area contributed by atoms with Crippen LogP contribution in [0, 0.1) is 5.82 Å². The van der Waals surface area contributed by atoms with E-state index >= 15 is 0 Å². The minimum atomic E-state index is -3.31. The summed E-state index contributed by atoms with van der Waals surface area (Å²) in [6, 6.07) is 6.46. The number of sulfonamides is 1. The van der Waals surface area contributed by atoms with E-state index in [1.54, 1.807) is 6.07 Å². The molecule has 0 saturated carbocycles. The van der Waals surface area contributed by atoms with Crippen molar-refractivity contribution in [1.82, 2.24) is 14.9 Å². The first-order valence-corrected chi connectivity index (χ1v) is 10.4. The zero-order chi connectivity index (χ0) is 18.8. The van der Waals surface area contributed by atoms with E-state index in [1.807, 2.05) is 13.0 Å². The normalized spacial score (nSPS) is 15.9. The Morgan fingerprint density at radius 1 is 1.30 bits per heavy atom. The van der Waals surface area contributed by atoms with Crippen LogP contribution in [0.25, 0.3) is 0 Å². The Kier molecular flexibility index (Phi) is 11.1. The topological polar surface area (TPSA) is 83.0 Å². The molecule has 0 atom stereocenters. The average Bonchev–Trinajstić information content (AvgIpc) is 2.62. The van der Waals surface area contributed by atoms with Crippen molar-refractivity contribution in [2.24, 2.45) is 4.99 Å². The maximum absolute atomic E-state index is 13.2. The minimum Gasteiger partial charge on any atom is -0.379 e. The molecule has 0 aliphatic carbocycles. The highest BCUT2D eigenvalue weighted by Gasteiger charge is 2.23. The van der Waals surface area contributed by atoms with Crippen molar-refractivity contribution in [3.63, 3.8) is 0 Å². The molecule has 1 fully saturated rings. The van der Waals surface area contributed by atoms with Crippen LogP contribution in [0.5, 0.6) is 0 Å². The molecule has 7 nitrogen and oxygen atoms in total. The molecule has 0 amide bonds. The molecule has 10 heteroatoms. The number of aliphatic imine (C=N–C) groups is 1. The van der Waals surface area contributed by atoms with Crippen LogP contribution in [0.2, 0.25) is 0 Å². The largest absolute Gasteiger partial charge is 0.379 e. The highest BCUT2D eigenvalue weighted by atomic mass is 127. The van der Waals surface area contributed by atoms with Crippen LogP contribution in [0.1, 0.15) is 12.5 Å². The second-order valence-corrected chi connectivity index (χ2v) is 7.98. The van der Waals surface area contributed by atoms with Gasteiger partial charge in [0.25, 0.3) is 0 Å². The number of nitrogens with one attached hydrogen (secondary N) is 2. The SMILES string of the molecule is CCNC(=NCCS(=O)(=O)N1CCOCC1)NCCc1cccc(F)c1.I. The van der Waals surface area contributed by atoms with Crippen molar-refractivity contribution < 1.29 is 17.5 Å². The lowest BCUT2D eigenvalue weighted by atomic mass is 10.1. The van der Waals surface area contributed by atoms with Gasteiger partial charge in [-0.3, -0.25) is 4.99 Å². The maximum atomic E-state index is 13.2. The summed E-state index contributed by atoms with van der Waals surface area (Å²) in [5.74, 6) is 0.269. The molecule has 0 unspecified atom stereocenters. The van der Waals surface area contributed by atoms with Gasteiger partial charge in [0, 0.05) is 26.2 Å². The average molecular weight is 514 g/mol. The molecule has 1 aliphatic rings. The van der Waals surface area contributed by atoms with E-state index in [0.29, 0.717) is 51.8 Å². The van der Waals surface area contributed by atoms with Crippen LogP contribution in [-0.2, 0) is 21.2 Å². The molecule has 1 aromatic carbocycles. The highest BCUT2D eigenvalue weighted by molar-refractivity contribution is 14.0. The molecule has 1 heterocycles. The van der Waals surface area contributed by atoms with E-state index in [1.165, 1.54) is 16.4 Å². The number of hydrogen-bond acceptors (Lipinski definition) is 4. The van der Waals surface area contributed by atoms with E-state index in [-0.39, 0.29) is 42.1 Å². The highest BCUT2D eigenvalue weighted by Crippen LogP contribution is 2.06. The molecule has 1 aliphatic heterocycles.